The number of aliphatic hydroxyl groups is 1. The van der Waals surface area contributed by atoms with E-state index >= 15 is 0 Å². The molecule has 1 saturated heterocycles. The molecule has 2 heterocycles. The Morgan fingerprint density at radius 3 is 2.61 bits per heavy atom. The zero-order valence-electron chi connectivity index (χ0n) is 10.3. The van der Waals surface area contributed by atoms with Crippen LogP contribution in [0.15, 0.2) is 12.1 Å². The monoisotopic (exact) mass is 285 g/mol. The molecule has 4 nitrogen and oxygen atoms in total. The first kappa shape index (κ1) is 13.5. The normalized spacial score (nSPS) is 29.7. The number of nitriles is 1. The summed E-state index contributed by atoms with van der Waals surface area (Å²) < 4.78 is 23.3. The average molecular weight is 285 g/mol. The van der Waals surface area contributed by atoms with Crippen molar-refractivity contribution in [2.45, 2.75) is 25.9 Å². The zero-order chi connectivity index (χ0) is 13.6. The number of aryl methyl sites for hydroxylation is 1. The van der Waals surface area contributed by atoms with Crippen LogP contribution in [-0.2, 0) is 15.4 Å². The first-order chi connectivity index (χ1) is 8.22. The van der Waals surface area contributed by atoms with Gasteiger partial charge in [-0.25, -0.2) is 8.42 Å². The highest BCUT2D eigenvalue weighted by Crippen LogP contribution is 2.48. The van der Waals surface area contributed by atoms with E-state index in [1.54, 1.807) is 13.0 Å². The summed E-state index contributed by atoms with van der Waals surface area (Å²) in [5, 5.41) is 20.1. The van der Waals surface area contributed by atoms with Gasteiger partial charge in [0.25, 0.3) is 0 Å². The fourth-order valence-electron chi connectivity index (χ4n) is 2.36. The second-order valence-corrected chi connectivity index (χ2v) is 8.49. The lowest BCUT2D eigenvalue weighted by atomic mass is 9.73. The molecule has 0 bridgehead atoms. The lowest BCUT2D eigenvalue weighted by Crippen LogP contribution is -2.43. The van der Waals surface area contributed by atoms with Crippen molar-refractivity contribution in [1.82, 2.24) is 0 Å². The third-order valence-electron chi connectivity index (χ3n) is 3.67. The van der Waals surface area contributed by atoms with Crippen molar-refractivity contribution in [3.63, 3.8) is 0 Å². The summed E-state index contributed by atoms with van der Waals surface area (Å²) in [5.74, 6) is -0.290. The van der Waals surface area contributed by atoms with E-state index in [4.69, 9.17) is 0 Å². The summed E-state index contributed by atoms with van der Waals surface area (Å²) >= 11 is 1.40. The Bertz CT molecular complexity index is 610. The molecule has 2 atom stereocenters. The van der Waals surface area contributed by atoms with Crippen LogP contribution in [0.1, 0.15) is 23.1 Å². The Hall–Kier alpha value is -0.900. The Labute approximate surface area is 111 Å². The van der Waals surface area contributed by atoms with Crippen molar-refractivity contribution in [3.8, 4) is 6.07 Å². The number of sulfone groups is 1. The van der Waals surface area contributed by atoms with Crippen LogP contribution in [0.5, 0.6) is 0 Å². The quantitative estimate of drug-likeness (QED) is 0.895. The second-order valence-electron chi connectivity index (χ2n) is 5.02. The van der Waals surface area contributed by atoms with Crippen LogP contribution < -0.4 is 0 Å². The number of hydrogen-bond acceptors (Lipinski definition) is 5. The first-order valence-electron chi connectivity index (χ1n) is 5.63. The summed E-state index contributed by atoms with van der Waals surface area (Å²) in [6.45, 7) is 3.46. The number of hydrogen-bond donors (Lipinski definition) is 1. The summed E-state index contributed by atoms with van der Waals surface area (Å²) in [6, 6.07) is 5.69. The highest BCUT2D eigenvalue weighted by Gasteiger charge is 2.55. The third-order valence-corrected chi connectivity index (χ3v) is 6.64. The third kappa shape index (κ3) is 1.96. The van der Waals surface area contributed by atoms with Crippen molar-refractivity contribution in [2.75, 3.05) is 11.5 Å². The summed E-state index contributed by atoms with van der Waals surface area (Å²) in [6.07, 6.45) is 0.190. The SMILES string of the molecule is Cc1ccc(C(C)(O)C2(C#N)CCS(=O)(=O)C2)s1. The molecule has 2 rings (SSSR count). The van der Waals surface area contributed by atoms with E-state index < -0.39 is 20.9 Å². The predicted octanol–water partition coefficient (Wildman–Crippen LogP) is 1.59. The molecule has 1 aromatic heterocycles. The standard InChI is InChI=1S/C12H15NO3S2/c1-9-3-4-10(17-9)11(2,14)12(7-13)5-6-18(15,16)8-12/h3-4,14H,5-6,8H2,1-2H3. The molecule has 98 valence electrons. The molecule has 1 N–H and O–H groups in total. The molecule has 0 saturated carbocycles. The van der Waals surface area contributed by atoms with E-state index in [9.17, 15) is 18.8 Å². The van der Waals surface area contributed by atoms with E-state index in [2.05, 4.69) is 6.07 Å². The second kappa shape index (κ2) is 4.05. The van der Waals surface area contributed by atoms with Crippen molar-refractivity contribution in [2.24, 2.45) is 5.41 Å². The van der Waals surface area contributed by atoms with E-state index in [1.807, 2.05) is 13.0 Å². The van der Waals surface area contributed by atoms with Crippen LogP contribution in [-0.4, -0.2) is 25.0 Å². The number of thiophene rings is 1. The maximum absolute atomic E-state index is 11.6. The highest BCUT2D eigenvalue weighted by molar-refractivity contribution is 7.91. The van der Waals surface area contributed by atoms with E-state index in [1.165, 1.54) is 11.3 Å². The van der Waals surface area contributed by atoms with Gasteiger partial charge in [0.2, 0.25) is 0 Å². The summed E-state index contributed by atoms with van der Waals surface area (Å²) in [5.41, 5.74) is -2.66. The van der Waals surface area contributed by atoms with Gasteiger partial charge in [0, 0.05) is 9.75 Å². The largest absolute Gasteiger partial charge is 0.383 e. The van der Waals surface area contributed by atoms with Crippen LogP contribution in [0.25, 0.3) is 0 Å². The van der Waals surface area contributed by atoms with Crippen molar-refractivity contribution in [3.05, 3.63) is 21.9 Å². The van der Waals surface area contributed by atoms with Crippen LogP contribution in [0.2, 0.25) is 0 Å². The van der Waals surface area contributed by atoms with Crippen molar-refractivity contribution >= 4 is 21.2 Å². The van der Waals surface area contributed by atoms with Gasteiger partial charge in [0.15, 0.2) is 9.84 Å². The van der Waals surface area contributed by atoms with E-state index in [0.29, 0.717) is 4.88 Å². The predicted molar refractivity (Wildman–Crippen MR) is 69.9 cm³/mol. The molecule has 0 radical (unpaired) electrons. The minimum absolute atomic E-state index is 0.0267. The van der Waals surface area contributed by atoms with Crippen molar-refractivity contribution in [1.29, 1.82) is 5.26 Å². The molecular weight excluding hydrogens is 270 g/mol. The molecule has 2 unspecified atom stereocenters. The fourth-order valence-corrected chi connectivity index (χ4v) is 5.42. The molecule has 18 heavy (non-hydrogen) atoms. The van der Waals surface area contributed by atoms with Gasteiger partial charge in [-0.3, -0.25) is 0 Å². The van der Waals surface area contributed by atoms with Gasteiger partial charge in [-0.15, -0.1) is 11.3 Å². The molecule has 1 fully saturated rings. The molecule has 0 spiro atoms. The van der Waals surface area contributed by atoms with Gasteiger partial charge in [0.05, 0.1) is 17.6 Å². The van der Waals surface area contributed by atoms with Gasteiger partial charge < -0.3 is 5.11 Å². The minimum atomic E-state index is -3.23. The van der Waals surface area contributed by atoms with Crippen LogP contribution >= 0.6 is 11.3 Å². The van der Waals surface area contributed by atoms with Gasteiger partial charge in [-0.1, -0.05) is 0 Å². The molecule has 1 aliphatic heterocycles. The van der Waals surface area contributed by atoms with Crippen LogP contribution in [0.3, 0.4) is 0 Å². The van der Waals surface area contributed by atoms with Gasteiger partial charge in [-0.2, -0.15) is 5.26 Å². The lowest BCUT2D eigenvalue weighted by Gasteiger charge is -2.35. The van der Waals surface area contributed by atoms with Crippen molar-refractivity contribution < 1.29 is 13.5 Å². The maximum Gasteiger partial charge on any atom is 0.152 e. The number of nitrogens with zero attached hydrogens (tertiary/aromatic N) is 1. The topological polar surface area (TPSA) is 78.2 Å². The molecule has 1 aromatic rings. The zero-order valence-corrected chi connectivity index (χ0v) is 11.9. The van der Waals surface area contributed by atoms with Gasteiger partial charge in [0.1, 0.15) is 11.0 Å². The Kier molecular flexibility index (Phi) is 3.05. The minimum Gasteiger partial charge on any atom is -0.383 e. The smallest absolute Gasteiger partial charge is 0.152 e. The molecule has 1 aliphatic rings. The molecular formula is C12H15NO3S2. The Morgan fingerprint density at radius 2 is 2.22 bits per heavy atom. The van der Waals surface area contributed by atoms with Crippen LogP contribution in [0, 0.1) is 23.7 Å². The molecule has 0 aliphatic carbocycles. The molecule has 0 aromatic carbocycles. The average Bonchev–Trinajstić information content (AvgIpc) is 2.83. The summed E-state index contributed by atoms with van der Waals surface area (Å²) in [7, 11) is -3.23. The van der Waals surface area contributed by atoms with Gasteiger partial charge in [-0.05, 0) is 32.4 Å². The Morgan fingerprint density at radius 1 is 1.56 bits per heavy atom. The highest BCUT2D eigenvalue weighted by atomic mass is 32.2. The Balaban J connectivity index is 2.49. The molecule has 0 amide bonds. The first-order valence-corrected chi connectivity index (χ1v) is 8.27. The van der Waals surface area contributed by atoms with E-state index in [0.717, 1.165) is 4.88 Å². The van der Waals surface area contributed by atoms with Gasteiger partial charge >= 0.3 is 0 Å². The number of rotatable bonds is 2. The summed E-state index contributed by atoms with van der Waals surface area (Å²) in [4.78, 5) is 1.68. The lowest BCUT2D eigenvalue weighted by molar-refractivity contribution is -0.0290. The van der Waals surface area contributed by atoms with E-state index in [-0.39, 0.29) is 17.9 Å². The molecule has 6 heteroatoms. The van der Waals surface area contributed by atoms with Crippen LogP contribution in [0.4, 0.5) is 0 Å². The maximum atomic E-state index is 11.6. The fraction of sp³-hybridized carbons (Fsp3) is 0.583.